The minimum absolute atomic E-state index is 0.0290. The monoisotopic (exact) mass is 566 g/mol. The molecule has 0 aliphatic carbocycles. The molecule has 0 spiro atoms. The first-order chi connectivity index (χ1) is 19.6. The third kappa shape index (κ3) is 5.83. The van der Waals surface area contributed by atoms with E-state index in [2.05, 4.69) is 25.5 Å². The highest BCUT2D eigenvalue weighted by Gasteiger charge is 2.40. The number of aliphatic hydroxyl groups excluding tert-OH is 1. The van der Waals surface area contributed by atoms with Gasteiger partial charge in [-0.05, 0) is 39.0 Å². The van der Waals surface area contributed by atoms with Crippen LogP contribution in [0.4, 0.5) is 14.6 Å². The van der Waals surface area contributed by atoms with Crippen molar-refractivity contribution in [1.82, 2.24) is 34.4 Å². The number of aromatic nitrogens is 5. The van der Waals surface area contributed by atoms with Crippen LogP contribution in [0.25, 0.3) is 5.65 Å². The number of nitrogens with zero attached hydrogens (tertiary/aromatic N) is 7. The molecule has 1 atom stereocenters. The van der Waals surface area contributed by atoms with E-state index in [0.717, 1.165) is 12.1 Å². The largest absolute Gasteiger partial charge is 0.434 e. The van der Waals surface area contributed by atoms with E-state index >= 15 is 0 Å². The lowest BCUT2D eigenvalue weighted by Gasteiger charge is -2.48. The van der Waals surface area contributed by atoms with Crippen LogP contribution in [0.1, 0.15) is 36.7 Å². The fourth-order valence-electron chi connectivity index (χ4n) is 4.80. The normalized spacial score (nSPS) is 16.0. The molecule has 4 heterocycles. The highest BCUT2D eigenvalue weighted by Crippen LogP contribution is 2.26. The number of piperazine rings is 1. The van der Waals surface area contributed by atoms with Gasteiger partial charge in [0.1, 0.15) is 12.1 Å². The zero-order valence-electron chi connectivity index (χ0n) is 22.6. The lowest BCUT2D eigenvalue weighted by Crippen LogP contribution is -2.63. The van der Waals surface area contributed by atoms with Gasteiger partial charge in [0.2, 0.25) is 11.8 Å². The maximum Gasteiger partial charge on any atom is 0.255 e. The fourth-order valence-corrected chi connectivity index (χ4v) is 4.80. The quantitative estimate of drug-likeness (QED) is 0.346. The van der Waals surface area contributed by atoms with E-state index < -0.39 is 23.2 Å². The van der Waals surface area contributed by atoms with Gasteiger partial charge in [-0.2, -0.15) is 0 Å². The van der Waals surface area contributed by atoms with Crippen LogP contribution in [0.3, 0.4) is 0 Å². The maximum atomic E-state index is 13.8. The number of rotatable bonds is 7. The Morgan fingerprint density at radius 1 is 1.17 bits per heavy atom. The summed E-state index contributed by atoms with van der Waals surface area (Å²) >= 11 is 0. The summed E-state index contributed by atoms with van der Waals surface area (Å²) in [6.45, 7) is 6.60. The van der Waals surface area contributed by atoms with Crippen LogP contribution in [0.5, 0.6) is 11.6 Å². The molecule has 41 heavy (non-hydrogen) atoms. The van der Waals surface area contributed by atoms with E-state index in [1.807, 2.05) is 18.7 Å². The summed E-state index contributed by atoms with van der Waals surface area (Å²) in [6, 6.07) is 3.97. The highest BCUT2D eigenvalue weighted by molar-refractivity contribution is 5.95. The van der Waals surface area contributed by atoms with Crippen LogP contribution < -0.4 is 10.1 Å². The highest BCUT2D eigenvalue weighted by atomic mass is 19.1. The Kier molecular flexibility index (Phi) is 7.60. The van der Waals surface area contributed by atoms with Gasteiger partial charge < -0.3 is 20.1 Å². The summed E-state index contributed by atoms with van der Waals surface area (Å²) in [5, 5.41) is 20.3. The number of ether oxygens (including phenoxy) is 1. The van der Waals surface area contributed by atoms with Crippen molar-refractivity contribution >= 4 is 23.3 Å². The third-order valence-electron chi connectivity index (χ3n) is 6.98. The summed E-state index contributed by atoms with van der Waals surface area (Å²) < 4.78 is 33.8. The molecule has 5 rings (SSSR count). The maximum absolute atomic E-state index is 13.8. The lowest BCUT2D eigenvalue weighted by molar-refractivity contribution is -0.122. The Morgan fingerprint density at radius 3 is 2.66 bits per heavy atom. The van der Waals surface area contributed by atoms with Crippen LogP contribution in [-0.4, -0.2) is 82.5 Å². The number of amides is 2. The average molecular weight is 567 g/mol. The molecule has 14 heteroatoms. The number of hydrogen-bond donors (Lipinski definition) is 2. The minimum Gasteiger partial charge on any atom is -0.434 e. The summed E-state index contributed by atoms with van der Waals surface area (Å²) in [4.78, 5) is 38.4. The van der Waals surface area contributed by atoms with Gasteiger partial charge in [-0.1, -0.05) is 0 Å². The molecule has 1 aliphatic rings. The molecule has 0 saturated carbocycles. The zero-order valence-corrected chi connectivity index (χ0v) is 22.6. The molecule has 2 amide bonds. The van der Waals surface area contributed by atoms with Gasteiger partial charge in [-0.3, -0.25) is 18.9 Å². The number of benzene rings is 1. The smallest absolute Gasteiger partial charge is 0.255 e. The SMILES string of the molecule is C[C@@H](C(=O)Nc1cnc(Oc2ccc(F)cc2F)cn1)N1CCN(C(=O)c2cc(CO)c3nncn3c2)C(C)(C)C1. The number of aliphatic hydroxyl groups is 1. The first kappa shape index (κ1) is 28.0. The summed E-state index contributed by atoms with van der Waals surface area (Å²) in [6.07, 6.45) is 5.61. The van der Waals surface area contributed by atoms with Crippen LogP contribution in [0.15, 0.2) is 49.2 Å². The van der Waals surface area contributed by atoms with E-state index in [9.17, 15) is 23.5 Å². The molecule has 3 aromatic heterocycles. The summed E-state index contributed by atoms with van der Waals surface area (Å²) in [5.74, 6) is -2.20. The zero-order chi connectivity index (χ0) is 29.3. The van der Waals surface area contributed by atoms with Gasteiger partial charge in [0.05, 0.1) is 36.1 Å². The van der Waals surface area contributed by atoms with E-state index in [-0.39, 0.29) is 35.9 Å². The second-order valence-corrected chi connectivity index (χ2v) is 10.3. The van der Waals surface area contributed by atoms with Crippen molar-refractivity contribution < 1.29 is 28.2 Å². The van der Waals surface area contributed by atoms with Crippen molar-refractivity contribution in [1.29, 1.82) is 0 Å². The molecule has 0 bridgehead atoms. The predicted molar refractivity (Wildman–Crippen MR) is 142 cm³/mol. The second-order valence-electron chi connectivity index (χ2n) is 10.3. The van der Waals surface area contributed by atoms with Gasteiger partial charge in [-0.15, -0.1) is 10.2 Å². The number of anilines is 1. The minimum atomic E-state index is -0.880. The number of hydrogen-bond acceptors (Lipinski definition) is 9. The molecule has 4 aromatic rings. The summed E-state index contributed by atoms with van der Waals surface area (Å²) in [5.41, 5.74) is 0.781. The van der Waals surface area contributed by atoms with E-state index in [0.29, 0.717) is 42.5 Å². The van der Waals surface area contributed by atoms with Crippen molar-refractivity contribution in [3.8, 4) is 11.6 Å². The van der Waals surface area contributed by atoms with Gasteiger partial charge in [0.15, 0.2) is 23.0 Å². The van der Waals surface area contributed by atoms with Crippen molar-refractivity contribution in [2.24, 2.45) is 0 Å². The van der Waals surface area contributed by atoms with Crippen LogP contribution in [0.2, 0.25) is 0 Å². The van der Waals surface area contributed by atoms with E-state index in [4.69, 9.17) is 4.74 Å². The number of halogens is 2. The lowest BCUT2D eigenvalue weighted by atomic mass is 9.96. The Morgan fingerprint density at radius 2 is 1.98 bits per heavy atom. The van der Waals surface area contributed by atoms with Crippen molar-refractivity contribution in [2.75, 3.05) is 25.0 Å². The van der Waals surface area contributed by atoms with Crippen LogP contribution >= 0.6 is 0 Å². The standard InChI is InChI=1S/C27H28F2N8O4/c1-16(25(39)33-22-10-31-23(11-30-22)41-21-5-4-19(28)9-20(21)29)35-6-7-37(27(2,3)14-35)26(40)17-8-18(13-38)24-34-32-15-36(24)12-17/h4-5,8-12,15-16,38H,6-7,13-14H2,1-3H3,(H,30,33,39)/t16-/m0/s1. The van der Waals surface area contributed by atoms with E-state index in [1.165, 1.54) is 18.7 Å². The molecular weight excluding hydrogens is 538 g/mol. The van der Waals surface area contributed by atoms with Crippen LogP contribution in [0, 0.1) is 11.6 Å². The average Bonchev–Trinajstić information content (AvgIpc) is 3.42. The first-order valence-electron chi connectivity index (χ1n) is 12.8. The molecule has 2 N–H and O–H groups in total. The Labute approximate surface area is 233 Å². The number of pyridine rings is 1. The molecule has 0 radical (unpaired) electrons. The summed E-state index contributed by atoms with van der Waals surface area (Å²) in [7, 11) is 0. The Hall–Kier alpha value is -4.56. The molecule has 0 unspecified atom stereocenters. The van der Waals surface area contributed by atoms with Crippen molar-refractivity contribution in [2.45, 2.75) is 39.0 Å². The predicted octanol–water partition coefficient (Wildman–Crippen LogP) is 2.65. The van der Waals surface area contributed by atoms with Crippen molar-refractivity contribution in [3.63, 3.8) is 0 Å². The van der Waals surface area contributed by atoms with Gasteiger partial charge in [0, 0.05) is 37.5 Å². The van der Waals surface area contributed by atoms with Crippen molar-refractivity contribution in [3.05, 3.63) is 71.9 Å². The number of carbonyl (C=O) groups excluding carboxylic acids is 2. The van der Waals surface area contributed by atoms with Gasteiger partial charge in [-0.25, -0.2) is 18.7 Å². The molecule has 1 aliphatic heterocycles. The number of nitrogens with one attached hydrogen (secondary N) is 1. The second kappa shape index (κ2) is 11.1. The van der Waals surface area contributed by atoms with Crippen LogP contribution in [-0.2, 0) is 11.4 Å². The number of fused-ring (bicyclic) bond motifs is 1. The molecule has 214 valence electrons. The molecular formula is C27H28F2N8O4. The molecule has 1 fully saturated rings. The first-order valence-corrected chi connectivity index (χ1v) is 12.8. The van der Waals surface area contributed by atoms with Gasteiger partial charge >= 0.3 is 0 Å². The molecule has 12 nitrogen and oxygen atoms in total. The Bertz CT molecular complexity index is 1590. The number of carbonyl (C=O) groups is 2. The fraction of sp³-hybridized carbons (Fsp3) is 0.333. The Balaban J connectivity index is 1.21. The third-order valence-corrected chi connectivity index (χ3v) is 6.98. The molecule has 1 saturated heterocycles. The topological polar surface area (TPSA) is 138 Å². The van der Waals surface area contributed by atoms with Gasteiger partial charge in [0.25, 0.3) is 5.91 Å². The van der Waals surface area contributed by atoms with E-state index in [1.54, 1.807) is 28.5 Å². The molecule has 1 aromatic carbocycles.